The fourth-order valence-electron chi connectivity index (χ4n) is 2.57. The number of hydrogen-bond donors (Lipinski definition) is 2. The quantitative estimate of drug-likeness (QED) is 0.343. The minimum atomic E-state index is -0.248. The van der Waals surface area contributed by atoms with Gasteiger partial charge in [-0.25, -0.2) is 4.39 Å². The van der Waals surface area contributed by atoms with Crippen LogP contribution in [0.4, 0.5) is 4.39 Å². The van der Waals surface area contributed by atoms with Crippen LogP contribution in [0.25, 0.3) is 0 Å². The van der Waals surface area contributed by atoms with Crippen LogP contribution in [-0.4, -0.2) is 6.04 Å². The molecule has 4 heteroatoms. The van der Waals surface area contributed by atoms with Crippen LogP contribution in [0.15, 0.2) is 18.2 Å². The van der Waals surface area contributed by atoms with Crippen molar-refractivity contribution in [1.29, 1.82) is 0 Å². The van der Waals surface area contributed by atoms with E-state index in [0.717, 1.165) is 12.8 Å². The molecule has 0 aliphatic rings. The summed E-state index contributed by atoms with van der Waals surface area (Å²) in [6.45, 7) is 2.23. The zero-order valence-electron chi connectivity index (χ0n) is 13.0. The van der Waals surface area contributed by atoms with Gasteiger partial charge < -0.3 is 0 Å². The van der Waals surface area contributed by atoms with E-state index in [2.05, 4.69) is 12.3 Å². The van der Waals surface area contributed by atoms with Crippen molar-refractivity contribution in [3.05, 3.63) is 34.6 Å². The summed E-state index contributed by atoms with van der Waals surface area (Å²) in [7, 11) is 0. The third-order valence-corrected chi connectivity index (χ3v) is 4.26. The molecule has 0 aliphatic heterocycles. The van der Waals surface area contributed by atoms with Crippen molar-refractivity contribution in [2.45, 2.75) is 70.8 Å². The van der Waals surface area contributed by atoms with Gasteiger partial charge in [0.2, 0.25) is 0 Å². The summed E-state index contributed by atoms with van der Waals surface area (Å²) in [5.41, 5.74) is 3.35. The molecule has 120 valence electrons. The predicted molar refractivity (Wildman–Crippen MR) is 88.8 cm³/mol. The Morgan fingerprint density at radius 2 is 1.81 bits per heavy atom. The molecule has 0 spiro atoms. The van der Waals surface area contributed by atoms with Crippen LogP contribution >= 0.6 is 11.6 Å². The van der Waals surface area contributed by atoms with Crippen LogP contribution < -0.4 is 11.3 Å². The number of benzene rings is 1. The minimum Gasteiger partial charge on any atom is -0.271 e. The molecule has 1 aromatic carbocycles. The van der Waals surface area contributed by atoms with Crippen molar-refractivity contribution in [1.82, 2.24) is 5.43 Å². The van der Waals surface area contributed by atoms with Crippen molar-refractivity contribution < 1.29 is 4.39 Å². The van der Waals surface area contributed by atoms with E-state index in [1.54, 1.807) is 12.1 Å². The van der Waals surface area contributed by atoms with E-state index < -0.39 is 0 Å². The molecule has 2 nitrogen and oxygen atoms in total. The standard InChI is InChI=1S/C17H28ClFN2/c1-2-3-4-5-6-7-8-10-14(21-20)13-15-16(18)11-9-12-17(15)19/h9,11-12,14,21H,2-8,10,13,20H2,1H3. The lowest BCUT2D eigenvalue weighted by Gasteiger charge is -2.17. The molecule has 0 radical (unpaired) electrons. The van der Waals surface area contributed by atoms with Crippen LogP contribution in [0.2, 0.25) is 5.02 Å². The Hall–Kier alpha value is -0.640. The SMILES string of the molecule is CCCCCCCCCC(Cc1c(F)cccc1Cl)NN. The van der Waals surface area contributed by atoms with Gasteiger partial charge in [0.05, 0.1) is 0 Å². The minimum absolute atomic E-state index is 0.0787. The van der Waals surface area contributed by atoms with Crippen molar-refractivity contribution in [2.75, 3.05) is 0 Å². The number of hydrogen-bond acceptors (Lipinski definition) is 2. The highest BCUT2D eigenvalue weighted by atomic mass is 35.5. The first-order valence-electron chi connectivity index (χ1n) is 8.08. The van der Waals surface area contributed by atoms with Gasteiger partial charge >= 0.3 is 0 Å². The molecule has 0 fully saturated rings. The molecular formula is C17H28ClFN2. The maximum atomic E-state index is 13.8. The Morgan fingerprint density at radius 1 is 1.14 bits per heavy atom. The van der Waals surface area contributed by atoms with Crippen LogP contribution in [0.5, 0.6) is 0 Å². The number of nitrogens with two attached hydrogens (primary N) is 1. The Labute approximate surface area is 133 Å². The summed E-state index contributed by atoms with van der Waals surface area (Å²) in [5.74, 6) is 5.34. The van der Waals surface area contributed by atoms with Gasteiger partial charge in [-0.15, -0.1) is 0 Å². The van der Waals surface area contributed by atoms with E-state index in [9.17, 15) is 4.39 Å². The lowest BCUT2D eigenvalue weighted by Crippen LogP contribution is -2.37. The molecule has 0 saturated carbocycles. The highest BCUT2D eigenvalue weighted by Gasteiger charge is 2.13. The van der Waals surface area contributed by atoms with Crippen LogP contribution in [0.3, 0.4) is 0 Å². The smallest absolute Gasteiger partial charge is 0.127 e. The van der Waals surface area contributed by atoms with Gasteiger partial charge in [-0.2, -0.15) is 0 Å². The molecule has 0 aliphatic carbocycles. The van der Waals surface area contributed by atoms with E-state index in [-0.39, 0.29) is 11.9 Å². The molecule has 1 atom stereocenters. The summed E-state index contributed by atoms with van der Waals surface area (Å²) in [4.78, 5) is 0. The first-order valence-corrected chi connectivity index (χ1v) is 8.45. The van der Waals surface area contributed by atoms with Crippen LogP contribution in [0, 0.1) is 5.82 Å². The van der Waals surface area contributed by atoms with E-state index in [0.29, 0.717) is 17.0 Å². The van der Waals surface area contributed by atoms with Gasteiger partial charge in [0.1, 0.15) is 5.82 Å². The second-order valence-corrected chi connectivity index (χ2v) is 6.09. The summed E-state index contributed by atoms with van der Waals surface area (Å²) in [6.07, 6.45) is 10.4. The van der Waals surface area contributed by atoms with Crippen LogP contribution in [0.1, 0.15) is 63.9 Å². The fraction of sp³-hybridized carbons (Fsp3) is 0.647. The van der Waals surface area contributed by atoms with E-state index in [1.807, 2.05) is 0 Å². The summed E-state index contributed by atoms with van der Waals surface area (Å²) in [6, 6.07) is 4.88. The Morgan fingerprint density at radius 3 is 2.43 bits per heavy atom. The molecular weight excluding hydrogens is 287 g/mol. The topological polar surface area (TPSA) is 38.0 Å². The second kappa shape index (κ2) is 11.0. The Balaban J connectivity index is 2.29. The number of rotatable bonds is 11. The monoisotopic (exact) mass is 314 g/mol. The lowest BCUT2D eigenvalue weighted by molar-refractivity contribution is 0.451. The molecule has 3 N–H and O–H groups in total. The van der Waals surface area contributed by atoms with Gasteiger partial charge in [0.15, 0.2) is 0 Å². The molecule has 1 rings (SSSR count). The fourth-order valence-corrected chi connectivity index (χ4v) is 2.81. The average Bonchev–Trinajstić information content (AvgIpc) is 2.48. The summed E-state index contributed by atoms with van der Waals surface area (Å²) in [5, 5.41) is 0.481. The molecule has 21 heavy (non-hydrogen) atoms. The zero-order valence-corrected chi connectivity index (χ0v) is 13.8. The van der Waals surface area contributed by atoms with Crippen molar-refractivity contribution in [3.63, 3.8) is 0 Å². The second-order valence-electron chi connectivity index (χ2n) is 5.68. The van der Waals surface area contributed by atoms with E-state index in [1.165, 1.54) is 44.6 Å². The van der Waals surface area contributed by atoms with Crippen molar-refractivity contribution >= 4 is 11.6 Å². The molecule has 0 saturated heterocycles. The van der Waals surface area contributed by atoms with Gasteiger partial charge in [-0.3, -0.25) is 11.3 Å². The first kappa shape index (κ1) is 18.4. The molecule has 1 aromatic rings. The number of unbranched alkanes of at least 4 members (excludes halogenated alkanes) is 6. The molecule has 1 unspecified atom stereocenters. The zero-order chi connectivity index (χ0) is 15.5. The third kappa shape index (κ3) is 7.25. The lowest BCUT2D eigenvalue weighted by atomic mass is 9.99. The molecule has 0 bridgehead atoms. The normalized spacial score (nSPS) is 12.6. The van der Waals surface area contributed by atoms with E-state index >= 15 is 0 Å². The largest absolute Gasteiger partial charge is 0.271 e. The van der Waals surface area contributed by atoms with Crippen LogP contribution in [-0.2, 0) is 6.42 Å². The number of nitrogens with one attached hydrogen (secondary N) is 1. The Bertz CT molecular complexity index is 378. The highest BCUT2D eigenvalue weighted by Crippen LogP contribution is 2.21. The van der Waals surface area contributed by atoms with Crippen molar-refractivity contribution in [2.24, 2.45) is 5.84 Å². The summed E-state index contributed by atoms with van der Waals surface area (Å²) >= 11 is 6.05. The molecule has 0 heterocycles. The van der Waals surface area contributed by atoms with Gasteiger partial charge in [-0.05, 0) is 25.0 Å². The highest BCUT2D eigenvalue weighted by molar-refractivity contribution is 6.31. The van der Waals surface area contributed by atoms with Gasteiger partial charge in [0.25, 0.3) is 0 Å². The summed E-state index contributed by atoms with van der Waals surface area (Å²) < 4.78 is 13.8. The van der Waals surface area contributed by atoms with Gasteiger partial charge in [0, 0.05) is 16.6 Å². The maximum Gasteiger partial charge on any atom is 0.127 e. The first-order chi connectivity index (χ1) is 10.2. The Kier molecular flexibility index (Phi) is 9.64. The maximum absolute atomic E-state index is 13.8. The predicted octanol–water partition coefficient (Wildman–Crippen LogP) is 4.99. The van der Waals surface area contributed by atoms with Crippen molar-refractivity contribution in [3.8, 4) is 0 Å². The van der Waals surface area contributed by atoms with E-state index in [4.69, 9.17) is 17.4 Å². The molecule has 0 aromatic heterocycles. The average molecular weight is 315 g/mol. The number of halogens is 2. The molecule has 0 amide bonds. The van der Waals surface area contributed by atoms with Gasteiger partial charge in [-0.1, -0.05) is 69.5 Å². The number of hydrazine groups is 1. The third-order valence-electron chi connectivity index (χ3n) is 3.90.